The van der Waals surface area contributed by atoms with E-state index in [1.807, 2.05) is 25.1 Å². The summed E-state index contributed by atoms with van der Waals surface area (Å²) in [7, 11) is 0. The minimum atomic E-state index is -0.378. The molecule has 3 aromatic rings. The van der Waals surface area contributed by atoms with E-state index < -0.39 is 0 Å². The van der Waals surface area contributed by atoms with Gasteiger partial charge in [-0.3, -0.25) is 9.67 Å². The Morgan fingerprint density at radius 2 is 2.25 bits per heavy atom. The van der Waals surface area contributed by atoms with E-state index in [1.165, 1.54) is 0 Å². The Kier molecular flexibility index (Phi) is 4.69. The predicted octanol–water partition coefficient (Wildman–Crippen LogP) is 2.42. The van der Waals surface area contributed by atoms with Crippen LogP contribution in [0, 0.1) is 6.92 Å². The fourth-order valence-electron chi connectivity index (χ4n) is 2.57. The number of nitrogens with one attached hydrogen (secondary N) is 1. The molecule has 0 aliphatic rings. The molecule has 124 valence electrons. The molecule has 0 atom stereocenters. The third-order valence-corrected chi connectivity index (χ3v) is 3.71. The van der Waals surface area contributed by atoms with Gasteiger partial charge in [0.05, 0.1) is 30.6 Å². The van der Waals surface area contributed by atoms with E-state index in [0.29, 0.717) is 25.3 Å². The zero-order valence-electron chi connectivity index (χ0n) is 13.7. The molecule has 2 heterocycles. The molecular formula is C17H19N5O2. The number of hydrogen-bond donors (Lipinski definition) is 1. The van der Waals surface area contributed by atoms with Crippen LogP contribution >= 0.6 is 0 Å². The number of benzene rings is 1. The van der Waals surface area contributed by atoms with Gasteiger partial charge in [-0.1, -0.05) is 23.4 Å². The van der Waals surface area contributed by atoms with E-state index >= 15 is 0 Å². The summed E-state index contributed by atoms with van der Waals surface area (Å²) in [4.78, 5) is 16.7. The summed E-state index contributed by atoms with van der Waals surface area (Å²) < 4.78 is 6.88. The number of carbonyl (C=O) groups is 1. The van der Waals surface area contributed by atoms with Crippen LogP contribution in [0.3, 0.4) is 0 Å². The average molecular weight is 325 g/mol. The summed E-state index contributed by atoms with van der Waals surface area (Å²) in [6.07, 6.45) is 5.00. The van der Waals surface area contributed by atoms with Crippen LogP contribution in [-0.4, -0.2) is 39.1 Å². The van der Waals surface area contributed by atoms with E-state index in [2.05, 4.69) is 20.6 Å². The zero-order valence-corrected chi connectivity index (χ0v) is 13.7. The average Bonchev–Trinajstić information content (AvgIpc) is 3.09. The molecule has 0 fully saturated rings. The lowest BCUT2D eigenvalue weighted by Gasteiger charge is -2.14. The topological polar surface area (TPSA) is 81.9 Å². The monoisotopic (exact) mass is 325 g/mol. The standard InChI is InChI=1S/C17H19N5O2/c1-3-24-17(23)14-11-19-15-12(2)5-4-6-13(15)16(14)18-7-9-22-10-8-20-21-22/h4-6,8,10-11H,3,7,9H2,1-2H3,(H,18,19). The number of rotatable bonds is 6. The first-order valence-electron chi connectivity index (χ1n) is 7.84. The quantitative estimate of drug-likeness (QED) is 0.701. The molecule has 0 saturated carbocycles. The number of hydrogen-bond acceptors (Lipinski definition) is 6. The van der Waals surface area contributed by atoms with Crippen LogP contribution in [0.2, 0.25) is 0 Å². The van der Waals surface area contributed by atoms with Crippen LogP contribution < -0.4 is 5.32 Å². The van der Waals surface area contributed by atoms with Gasteiger partial charge in [-0.2, -0.15) is 0 Å². The summed E-state index contributed by atoms with van der Waals surface area (Å²) in [6, 6.07) is 5.91. The Balaban J connectivity index is 1.95. The van der Waals surface area contributed by atoms with E-state index in [1.54, 1.807) is 30.2 Å². The Morgan fingerprint density at radius 1 is 1.38 bits per heavy atom. The molecule has 7 heteroatoms. The number of fused-ring (bicyclic) bond motifs is 1. The van der Waals surface area contributed by atoms with Crippen molar-refractivity contribution in [1.29, 1.82) is 0 Å². The van der Waals surface area contributed by atoms with Crippen LogP contribution in [0.5, 0.6) is 0 Å². The maximum atomic E-state index is 12.3. The van der Waals surface area contributed by atoms with Crippen molar-refractivity contribution in [2.24, 2.45) is 0 Å². The van der Waals surface area contributed by atoms with E-state index in [0.717, 1.165) is 22.2 Å². The van der Waals surface area contributed by atoms with Gasteiger partial charge in [-0.05, 0) is 19.4 Å². The molecule has 0 bridgehead atoms. The number of ether oxygens (including phenoxy) is 1. The second-order valence-corrected chi connectivity index (χ2v) is 5.33. The highest BCUT2D eigenvalue weighted by molar-refractivity contribution is 6.05. The number of carbonyl (C=O) groups excluding carboxylic acids is 1. The Hall–Kier alpha value is -2.96. The van der Waals surface area contributed by atoms with E-state index in [9.17, 15) is 4.79 Å². The second kappa shape index (κ2) is 7.08. The fourth-order valence-corrected chi connectivity index (χ4v) is 2.57. The minimum absolute atomic E-state index is 0.323. The van der Waals surface area contributed by atoms with Gasteiger partial charge in [-0.15, -0.1) is 5.10 Å². The van der Waals surface area contributed by atoms with Gasteiger partial charge in [0.1, 0.15) is 5.56 Å². The van der Waals surface area contributed by atoms with Gasteiger partial charge in [0, 0.05) is 24.3 Å². The Bertz CT molecular complexity index is 846. The van der Waals surface area contributed by atoms with Gasteiger partial charge in [-0.25, -0.2) is 4.79 Å². The highest BCUT2D eigenvalue weighted by Crippen LogP contribution is 2.28. The van der Waals surface area contributed by atoms with Gasteiger partial charge in [0.25, 0.3) is 0 Å². The van der Waals surface area contributed by atoms with Crippen molar-refractivity contribution >= 4 is 22.6 Å². The first kappa shape index (κ1) is 15.9. The maximum Gasteiger partial charge on any atom is 0.341 e. The first-order chi connectivity index (χ1) is 11.7. The number of para-hydroxylation sites is 1. The Labute approximate surface area is 139 Å². The third kappa shape index (κ3) is 3.19. The van der Waals surface area contributed by atoms with Crippen molar-refractivity contribution in [2.45, 2.75) is 20.4 Å². The number of nitrogens with zero attached hydrogens (tertiary/aromatic N) is 4. The van der Waals surface area contributed by atoms with Crippen molar-refractivity contribution in [3.8, 4) is 0 Å². The second-order valence-electron chi connectivity index (χ2n) is 5.33. The number of pyridine rings is 1. The molecule has 0 aliphatic heterocycles. The smallest absolute Gasteiger partial charge is 0.341 e. The number of esters is 1. The normalized spacial score (nSPS) is 10.8. The van der Waals surface area contributed by atoms with Gasteiger partial charge in [0.2, 0.25) is 0 Å². The molecule has 2 aromatic heterocycles. The fraction of sp³-hybridized carbons (Fsp3) is 0.294. The van der Waals surface area contributed by atoms with Crippen LogP contribution in [-0.2, 0) is 11.3 Å². The third-order valence-electron chi connectivity index (χ3n) is 3.71. The van der Waals surface area contributed by atoms with Crippen molar-refractivity contribution in [3.05, 3.63) is 47.9 Å². The van der Waals surface area contributed by atoms with Crippen LogP contribution in [0.25, 0.3) is 10.9 Å². The molecule has 1 N–H and O–H groups in total. The molecule has 24 heavy (non-hydrogen) atoms. The summed E-state index contributed by atoms with van der Waals surface area (Å²) in [5.74, 6) is -0.378. The zero-order chi connectivity index (χ0) is 16.9. The lowest BCUT2D eigenvalue weighted by Crippen LogP contribution is -2.15. The molecule has 7 nitrogen and oxygen atoms in total. The van der Waals surface area contributed by atoms with Crippen LogP contribution in [0.15, 0.2) is 36.8 Å². The molecule has 1 aromatic carbocycles. The predicted molar refractivity (Wildman–Crippen MR) is 90.9 cm³/mol. The van der Waals surface area contributed by atoms with Crippen LogP contribution in [0.4, 0.5) is 5.69 Å². The summed E-state index contributed by atoms with van der Waals surface area (Å²) in [5, 5.41) is 11.9. The van der Waals surface area contributed by atoms with Crippen molar-refractivity contribution < 1.29 is 9.53 Å². The van der Waals surface area contributed by atoms with Crippen LogP contribution in [0.1, 0.15) is 22.8 Å². The van der Waals surface area contributed by atoms with E-state index in [-0.39, 0.29) is 5.97 Å². The molecule has 0 saturated heterocycles. The molecular weight excluding hydrogens is 306 g/mol. The minimum Gasteiger partial charge on any atom is -0.462 e. The van der Waals surface area contributed by atoms with Gasteiger partial charge < -0.3 is 10.1 Å². The molecule has 0 radical (unpaired) electrons. The molecule has 0 amide bonds. The molecule has 3 rings (SSSR count). The van der Waals surface area contributed by atoms with E-state index in [4.69, 9.17) is 4.74 Å². The lowest BCUT2D eigenvalue weighted by molar-refractivity contribution is 0.0527. The number of aryl methyl sites for hydroxylation is 1. The number of aromatic nitrogens is 4. The molecule has 0 aliphatic carbocycles. The van der Waals surface area contributed by atoms with Gasteiger partial charge >= 0.3 is 5.97 Å². The van der Waals surface area contributed by atoms with Crippen molar-refractivity contribution in [3.63, 3.8) is 0 Å². The first-order valence-corrected chi connectivity index (χ1v) is 7.84. The SMILES string of the molecule is CCOC(=O)c1cnc2c(C)cccc2c1NCCn1ccnn1. The van der Waals surface area contributed by atoms with Crippen molar-refractivity contribution in [2.75, 3.05) is 18.5 Å². The van der Waals surface area contributed by atoms with Gasteiger partial charge in [0.15, 0.2) is 0 Å². The highest BCUT2D eigenvalue weighted by Gasteiger charge is 2.17. The lowest BCUT2D eigenvalue weighted by atomic mass is 10.1. The summed E-state index contributed by atoms with van der Waals surface area (Å²) in [5.41, 5.74) is 3.10. The highest BCUT2D eigenvalue weighted by atomic mass is 16.5. The maximum absolute atomic E-state index is 12.3. The molecule has 0 spiro atoms. The largest absolute Gasteiger partial charge is 0.462 e. The number of anilines is 1. The molecule has 0 unspecified atom stereocenters. The Morgan fingerprint density at radius 3 is 3.00 bits per heavy atom. The van der Waals surface area contributed by atoms with Crippen molar-refractivity contribution in [1.82, 2.24) is 20.0 Å². The summed E-state index contributed by atoms with van der Waals surface area (Å²) in [6.45, 7) is 5.34. The summed E-state index contributed by atoms with van der Waals surface area (Å²) >= 11 is 0.